The number of piperidine rings is 1. The third kappa shape index (κ3) is 8.77. The van der Waals surface area contributed by atoms with Crippen LogP contribution in [0.1, 0.15) is 35.2 Å². The van der Waals surface area contributed by atoms with Crippen LogP contribution in [-0.2, 0) is 37.0 Å². The first-order valence-electron chi connectivity index (χ1n) is 14.2. The number of carboxylic acids is 1. The molecule has 1 saturated heterocycles. The number of imidazole rings is 1. The first kappa shape index (κ1) is 33.8. The van der Waals surface area contributed by atoms with Gasteiger partial charge in [0.15, 0.2) is 17.3 Å². The van der Waals surface area contributed by atoms with Crippen LogP contribution < -0.4 is 0 Å². The number of phenols is 2. The maximum atomic E-state index is 14.5. The molecule has 2 aromatic carbocycles. The topological polar surface area (TPSA) is 130 Å². The van der Waals surface area contributed by atoms with Gasteiger partial charge in [-0.1, -0.05) is 29.4 Å². The number of rotatable bonds is 7. The zero-order valence-electron chi connectivity index (χ0n) is 24.5. The first-order chi connectivity index (χ1) is 21.2. The number of phenolic OH excluding ortho intramolecular Hbond substituents is 2. The van der Waals surface area contributed by atoms with E-state index in [9.17, 15) is 14.3 Å². The number of nitrogens with zero attached hydrogens (tertiary/aromatic N) is 6. The number of carboxylic acid groups (broad SMARTS) is 1. The number of aryl methyl sites for hydroxylation is 2. The summed E-state index contributed by atoms with van der Waals surface area (Å²) in [4.78, 5) is 22.3. The van der Waals surface area contributed by atoms with Gasteiger partial charge >= 0.3 is 5.97 Å². The Labute approximate surface area is 275 Å². The van der Waals surface area contributed by atoms with Crippen molar-refractivity contribution in [2.24, 2.45) is 11.8 Å². The van der Waals surface area contributed by atoms with Gasteiger partial charge in [-0.2, -0.15) is 11.2 Å². The number of aromatic hydroxyl groups is 2. The molecule has 3 aromatic heterocycles. The number of hydrogen-bond donors (Lipinski definition) is 3. The Balaban J connectivity index is 0.000000210. The molecule has 2 aliphatic rings. The van der Waals surface area contributed by atoms with E-state index in [0.717, 1.165) is 42.5 Å². The summed E-state index contributed by atoms with van der Waals surface area (Å²) in [5, 5.41) is 31.5. The van der Waals surface area contributed by atoms with Gasteiger partial charge in [0.2, 0.25) is 0 Å². The number of para-hydroxylation sites is 2. The number of aromatic carboxylic acids is 1. The largest absolute Gasteiger partial charge is 0.504 e. The van der Waals surface area contributed by atoms with Crippen molar-refractivity contribution in [2.75, 3.05) is 13.1 Å². The predicted octanol–water partition coefficient (Wildman–Crippen LogP) is 5.62. The number of carbonyl (C=O) groups is 1. The SMILES string of the molecule is C[CH-]c1ccc(Cl)cn1.O=C(O)c1cc(F)c2nc(CN3CC4CC4C3)n(CCn3cccn3)c2c1.Oc1ccccc1O.[Cr]. The van der Waals surface area contributed by atoms with Crippen molar-refractivity contribution in [2.45, 2.75) is 33.0 Å². The number of likely N-dealkylation sites (tertiary alicyclic amines) is 1. The van der Waals surface area contributed by atoms with Crippen molar-refractivity contribution in [3.8, 4) is 11.5 Å². The van der Waals surface area contributed by atoms with Gasteiger partial charge in [0.25, 0.3) is 0 Å². The molecule has 0 radical (unpaired) electrons. The van der Waals surface area contributed by atoms with Crippen molar-refractivity contribution in [1.29, 1.82) is 0 Å². The fourth-order valence-electron chi connectivity index (χ4n) is 5.20. The predicted molar refractivity (Wildman–Crippen MR) is 164 cm³/mol. The van der Waals surface area contributed by atoms with Gasteiger partial charge in [0, 0.05) is 60.6 Å². The van der Waals surface area contributed by atoms with E-state index in [0.29, 0.717) is 30.2 Å². The van der Waals surface area contributed by atoms with Gasteiger partial charge < -0.3 is 19.9 Å². The molecule has 2 fully saturated rings. The fraction of sp³-hybridized carbons (Fsp3) is 0.281. The molecule has 45 heavy (non-hydrogen) atoms. The van der Waals surface area contributed by atoms with Crippen LogP contribution in [0.3, 0.4) is 0 Å². The number of benzene rings is 2. The molecule has 1 aliphatic carbocycles. The van der Waals surface area contributed by atoms with E-state index in [1.165, 1.54) is 24.6 Å². The van der Waals surface area contributed by atoms with Crippen LogP contribution in [-0.4, -0.2) is 63.6 Å². The summed E-state index contributed by atoms with van der Waals surface area (Å²) < 4.78 is 18.3. The molecule has 0 spiro atoms. The van der Waals surface area contributed by atoms with Crippen molar-refractivity contribution >= 4 is 28.6 Å². The average Bonchev–Trinajstić information content (AvgIpc) is 3.35. The summed E-state index contributed by atoms with van der Waals surface area (Å²) >= 11 is 5.59. The van der Waals surface area contributed by atoms with E-state index >= 15 is 0 Å². The Morgan fingerprint density at radius 1 is 1.07 bits per heavy atom. The summed E-state index contributed by atoms with van der Waals surface area (Å²) in [5.74, 6) is 0.509. The van der Waals surface area contributed by atoms with Crippen molar-refractivity contribution in [3.05, 3.63) is 108 Å². The Morgan fingerprint density at radius 3 is 2.33 bits per heavy atom. The van der Waals surface area contributed by atoms with Crippen LogP contribution >= 0.6 is 11.6 Å². The van der Waals surface area contributed by atoms with Gasteiger partial charge in [-0.15, -0.1) is 13.0 Å². The van der Waals surface area contributed by atoms with Crippen LogP contribution in [0.2, 0.25) is 5.02 Å². The van der Waals surface area contributed by atoms with Crippen LogP contribution in [0.5, 0.6) is 11.5 Å². The quantitative estimate of drug-likeness (QED) is 0.150. The Hall–Kier alpha value is -4.08. The summed E-state index contributed by atoms with van der Waals surface area (Å²) in [6.07, 6.45) is 8.47. The van der Waals surface area contributed by atoms with Crippen molar-refractivity contribution in [1.82, 2.24) is 29.2 Å². The molecule has 0 bridgehead atoms. The van der Waals surface area contributed by atoms with Gasteiger partial charge in [0.1, 0.15) is 11.3 Å². The maximum absolute atomic E-state index is 14.5. The third-order valence-corrected chi connectivity index (χ3v) is 7.82. The normalized spacial score (nSPS) is 16.4. The monoisotopic (exact) mass is 671 g/mol. The molecule has 236 valence electrons. The van der Waals surface area contributed by atoms with Crippen molar-refractivity contribution < 1.29 is 41.9 Å². The Bertz CT molecular complexity index is 1690. The number of aromatic nitrogens is 5. The number of fused-ring (bicyclic) bond motifs is 2. The second-order valence-corrected chi connectivity index (χ2v) is 11.1. The Kier molecular flexibility index (Phi) is 11.5. The van der Waals surface area contributed by atoms with Gasteiger partial charge in [0.05, 0.1) is 24.2 Å². The smallest absolute Gasteiger partial charge is 0.335 e. The third-order valence-electron chi connectivity index (χ3n) is 7.59. The van der Waals surface area contributed by atoms with E-state index < -0.39 is 11.8 Å². The second-order valence-electron chi connectivity index (χ2n) is 10.7. The zero-order chi connectivity index (χ0) is 31.2. The Morgan fingerprint density at radius 2 is 1.78 bits per heavy atom. The summed E-state index contributed by atoms with van der Waals surface area (Å²) in [5.41, 5.74) is 1.66. The molecule has 13 heteroatoms. The molecule has 5 aromatic rings. The summed E-state index contributed by atoms with van der Waals surface area (Å²) in [7, 11) is 0. The molecule has 1 saturated carbocycles. The van der Waals surface area contributed by atoms with Gasteiger partial charge in [-0.3, -0.25) is 14.6 Å². The van der Waals surface area contributed by atoms with Crippen molar-refractivity contribution in [3.63, 3.8) is 0 Å². The minimum absolute atomic E-state index is 0. The summed E-state index contributed by atoms with van der Waals surface area (Å²) in [6.45, 7) is 5.89. The molecule has 1 aliphatic heterocycles. The van der Waals surface area contributed by atoms with E-state index in [-0.39, 0.29) is 39.9 Å². The second kappa shape index (κ2) is 15.3. The van der Waals surface area contributed by atoms with Crippen LogP contribution in [0.25, 0.3) is 11.0 Å². The van der Waals surface area contributed by atoms with E-state index in [2.05, 4.69) is 20.0 Å². The zero-order valence-corrected chi connectivity index (χ0v) is 26.5. The first-order valence-corrected chi connectivity index (χ1v) is 14.6. The molecule has 0 amide bonds. The molecule has 3 N–H and O–H groups in total. The number of hydrogen-bond acceptors (Lipinski definition) is 7. The number of pyridine rings is 1. The molecule has 7 rings (SSSR count). The fourth-order valence-corrected chi connectivity index (χ4v) is 5.32. The molecular weight excluding hydrogens is 639 g/mol. The van der Waals surface area contributed by atoms with E-state index in [1.807, 2.05) is 42.3 Å². The summed E-state index contributed by atoms with van der Waals surface area (Å²) in [6, 6.07) is 14.3. The van der Waals surface area contributed by atoms with E-state index in [4.69, 9.17) is 21.8 Å². The molecule has 10 nitrogen and oxygen atoms in total. The standard InChI is InChI=1S/C19H20FN5O2.C7H7ClN.C6H6O2.Cr/c20-15-7-12(19(26)27)8-16-18(15)22-17(11-23-9-13-6-14(13)10-23)25(16)5-4-24-3-1-2-21-24;1-2-7-4-3-6(8)5-9-7;7-5-3-1-2-4-6(5)8;/h1-3,7-8,13-14H,4-6,9-11H2,(H,26,27);2-5H,1H3;1-4,7-8H;/q;-1;;. The van der Waals surface area contributed by atoms with Gasteiger partial charge in [-0.25, -0.2) is 20.6 Å². The van der Waals surface area contributed by atoms with Crippen LogP contribution in [0.4, 0.5) is 4.39 Å². The molecule has 2 atom stereocenters. The van der Waals surface area contributed by atoms with E-state index in [1.54, 1.807) is 29.2 Å². The molecular formula is C32H33ClCrFN6O4-. The molecule has 2 unspecified atom stereocenters. The molecule has 4 heterocycles. The maximum Gasteiger partial charge on any atom is 0.335 e. The minimum Gasteiger partial charge on any atom is -0.504 e. The number of halogens is 2. The van der Waals surface area contributed by atoms with Crippen LogP contribution in [0, 0.1) is 24.1 Å². The van der Waals surface area contributed by atoms with Gasteiger partial charge in [-0.05, 0) is 48.6 Å². The minimum atomic E-state index is -1.14. The average molecular weight is 672 g/mol. The van der Waals surface area contributed by atoms with Crippen LogP contribution in [0.15, 0.2) is 73.2 Å².